The fraction of sp³-hybridized carbons (Fsp3) is 0.235. The Morgan fingerprint density at radius 3 is 2.81 bits per heavy atom. The Labute approximate surface area is 124 Å². The smallest absolute Gasteiger partial charge is 0.140 e. The second kappa shape index (κ2) is 6.87. The third-order valence-corrected chi connectivity index (χ3v) is 3.20. The van der Waals surface area contributed by atoms with Crippen molar-refractivity contribution in [2.75, 3.05) is 7.05 Å². The highest BCUT2D eigenvalue weighted by atomic mass is 19.1. The lowest BCUT2D eigenvalue weighted by Crippen LogP contribution is -2.08. The highest BCUT2D eigenvalue weighted by Crippen LogP contribution is 2.24. The zero-order valence-electron chi connectivity index (χ0n) is 12.1. The van der Waals surface area contributed by atoms with Gasteiger partial charge in [0.2, 0.25) is 0 Å². The van der Waals surface area contributed by atoms with Gasteiger partial charge in [-0.1, -0.05) is 24.3 Å². The first kappa shape index (κ1) is 15.0. The van der Waals surface area contributed by atoms with E-state index in [4.69, 9.17) is 10.00 Å². The molecule has 0 amide bonds. The molecule has 0 heterocycles. The third-order valence-electron chi connectivity index (χ3n) is 3.20. The Morgan fingerprint density at radius 2 is 2.10 bits per heavy atom. The number of halogens is 1. The van der Waals surface area contributed by atoms with Crippen LogP contribution < -0.4 is 10.1 Å². The Balaban J connectivity index is 2.19. The van der Waals surface area contributed by atoms with Gasteiger partial charge in [0.05, 0.1) is 5.56 Å². The molecule has 0 aromatic heterocycles. The van der Waals surface area contributed by atoms with Crippen molar-refractivity contribution in [1.82, 2.24) is 5.32 Å². The molecule has 4 heteroatoms. The van der Waals surface area contributed by atoms with Crippen molar-refractivity contribution < 1.29 is 9.13 Å². The van der Waals surface area contributed by atoms with Crippen LogP contribution in [0.15, 0.2) is 36.4 Å². The molecule has 0 aliphatic heterocycles. The number of benzene rings is 2. The van der Waals surface area contributed by atoms with Gasteiger partial charge < -0.3 is 10.1 Å². The molecule has 0 radical (unpaired) electrons. The van der Waals surface area contributed by atoms with Crippen molar-refractivity contribution in [3.05, 3.63) is 64.5 Å². The average molecular weight is 284 g/mol. The van der Waals surface area contributed by atoms with E-state index in [1.165, 1.54) is 12.1 Å². The van der Waals surface area contributed by atoms with Crippen molar-refractivity contribution in [2.24, 2.45) is 0 Å². The average Bonchev–Trinajstić information content (AvgIpc) is 2.48. The molecule has 0 saturated carbocycles. The minimum absolute atomic E-state index is 0.0383. The highest BCUT2D eigenvalue weighted by Gasteiger charge is 2.08. The summed E-state index contributed by atoms with van der Waals surface area (Å²) < 4.78 is 19.2. The standard InChI is InChI=1S/C17H17FN2O/c1-12-4-3-5-14(10-20-2)17(12)21-11-13-6-7-16(18)15(8-13)9-19/h3-8,20H,10-11H2,1-2H3. The molecular weight excluding hydrogens is 267 g/mol. The Bertz CT molecular complexity index is 677. The molecule has 21 heavy (non-hydrogen) atoms. The minimum atomic E-state index is -0.506. The van der Waals surface area contributed by atoms with Crippen LogP contribution in [0.5, 0.6) is 5.75 Å². The fourth-order valence-corrected chi connectivity index (χ4v) is 2.15. The second-order valence-corrected chi connectivity index (χ2v) is 4.81. The predicted molar refractivity (Wildman–Crippen MR) is 79.4 cm³/mol. The predicted octanol–water partition coefficient (Wildman–Crippen LogP) is 3.30. The maximum absolute atomic E-state index is 13.3. The van der Waals surface area contributed by atoms with Gasteiger partial charge in [0, 0.05) is 12.1 Å². The zero-order chi connectivity index (χ0) is 15.2. The molecule has 2 aromatic rings. The number of nitrogens with one attached hydrogen (secondary N) is 1. The van der Waals surface area contributed by atoms with Gasteiger partial charge >= 0.3 is 0 Å². The number of aryl methyl sites for hydroxylation is 1. The summed E-state index contributed by atoms with van der Waals surface area (Å²) >= 11 is 0. The highest BCUT2D eigenvalue weighted by molar-refractivity contribution is 5.41. The molecule has 2 aromatic carbocycles. The van der Waals surface area contributed by atoms with Crippen LogP contribution in [0, 0.1) is 24.1 Å². The van der Waals surface area contributed by atoms with Gasteiger partial charge in [-0.25, -0.2) is 4.39 Å². The first-order valence-corrected chi connectivity index (χ1v) is 6.70. The van der Waals surface area contributed by atoms with Crippen LogP contribution in [0.25, 0.3) is 0 Å². The van der Waals surface area contributed by atoms with Gasteiger partial charge in [0.25, 0.3) is 0 Å². The topological polar surface area (TPSA) is 45.0 Å². The van der Waals surface area contributed by atoms with E-state index >= 15 is 0 Å². The first-order chi connectivity index (χ1) is 10.2. The zero-order valence-corrected chi connectivity index (χ0v) is 12.1. The molecule has 0 atom stereocenters. The molecule has 0 unspecified atom stereocenters. The Morgan fingerprint density at radius 1 is 1.29 bits per heavy atom. The number of nitriles is 1. The summed E-state index contributed by atoms with van der Waals surface area (Å²) in [5, 5.41) is 12.0. The van der Waals surface area contributed by atoms with E-state index in [2.05, 4.69) is 5.32 Å². The summed E-state index contributed by atoms with van der Waals surface area (Å²) in [6.07, 6.45) is 0. The molecule has 0 bridgehead atoms. The van der Waals surface area contributed by atoms with Gasteiger partial charge in [-0.2, -0.15) is 5.26 Å². The molecule has 3 nitrogen and oxygen atoms in total. The van der Waals surface area contributed by atoms with Crippen molar-refractivity contribution in [1.29, 1.82) is 5.26 Å². The minimum Gasteiger partial charge on any atom is -0.488 e. The maximum atomic E-state index is 13.3. The van der Waals surface area contributed by atoms with E-state index in [0.29, 0.717) is 13.2 Å². The third kappa shape index (κ3) is 3.59. The normalized spacial score (nSPS) is 10.2. The van der Waals surface area contributed by atoms with Gasteiger partial charge in [0.15, 0.2) is 0 Å². The van der Waals surface area contributed by atoms with Crippen LogP contribution >= 0.6 is 0 Å². The van der Waals surface area contributed by atoms with Crippen LogP contribution in [0.3, 0.4) is 0 Å². The summed E-state index contributed by atoms with van der Waals surface area (Å²) in [4.78, 5) is 0. The lowest BCUT2D eigenvalue weighted by molar-refractivity contribution is 0.300. The number of para-hydroxylation sites is 1. The van der Waals surface area contributed by atoms with E-state index < -0.39 is 5.82 Å². The quantitative estimate of drug-likeness (QED) is 0.916. The van der Waals surface area contributed by atoms with Crippen molar-refractivity contribution in [2.45, 2.75) is 20.1 Å². The summed E-state index contributed by atoms with van der Waals surface area (Å²) in [5.41, 5.74) is 2.92. The van der Waals surface area contributed by atoms with E-state index in [1.807, 2.05) is 38.2 Å². The van der Waals surface area contributed by atoms with Crippen LogP contribution in [0.4, 0.5) is 4.39 Å². The van der Waals surface area contributed by atoms with Crippen molar-refractivity contribution >= 4 is 0 Å². The Hall–Kier alpha value is -2.38. The fourth-order valence-electron chi connectivity index (χ4n) is 2.15. The van der Waals surface area contributed by atoms with E-state index in [1.54, 1.807) is 6.07 Å². The van der Waals surface area contributed by atoms with Gasteiger partial charge in [-0.15, -0.1) is 0 Å². The number of ether oxygens (including phenoxy) is 1. The van der Waals surface area contributed by atoms with Crippen LogP contribution in [-0.4, -0.2) is 7.05 Å². The van der Waals surface area contributed by atoms with Crippen LogP contribution in [-0.2, 0) is 13.2 Å². The molecule has 0 aliphatic carbocycles. The first-order valence-electron chi connectivity index (χ1n) is 6.70. The van der Waals surface area contributed by atoms with Crippen LogP contribution in [0.2, 0.25) is 0 Å². The lowest BCUT2D eigenvalue weighted by atomic mass is 10.1. The molecule has 0 spiro atoms. The summed E-state index contributed by atoms with van der Waals surface area (Å²) in [5.74, 6) is 0.322. The molecule has 2 rings (SSSR count). The molecule has 108 valence electrons. The number of rotatable bonds is 5. The monoisotopic (exact) mass is 284 g/mol. The van der Waals surface area contributed by atoms with E-state index in [9.17, 15) is 4.39 Å². The van der Waals surface area contributed by atoms with Crippen molar-refractivity contribution in [3.8, 4) is 11.8 Å². The van der Waals surface area contributed by atoms with Gasteiger partial charge in [-0.3, -0.25) is 0 Å². The molecule has 1 N–H and O–H groups in total. The number of hydrogen-bond acceptors (Lipinski definition) is 3. The number of nitrogens with zero attached hydrogens (tertiary/aromatic N) is 1. The van der Waals surface area contributed by atoms with Crippen LogP contribution in [0.1, 0.15) is 22.3 Å². The Kier molecular flexibility index (Phi) is 4.91. The SMILES string of the molecule is CNCc1cccc(C)c1OCc1ccc(F)c(C#N)c1. The largest absolute Gasteiger partial charge is 0.488 e. The number of hydrogen-bond donors (Lipinski definition) is 1. The maximum Gasteiger partial charge on any atom is 0.140 e. The summed E-state index contributed by atoms with van der Waals surface area (Å²) in [6, 6.07) is 12.3. The molecular formula is C17H17FN2O. The lowest BCUT2D eigenvalue weighted by Gasteiger charge is -2.14. The second-order valence-electron chi connectivity index (χ2n) is 4.81. The van der Waals surface area contributed by atoms with Crippen molar-refractivity contribution in [3.63, 3.8) is 0 Å². The van der Waals surface area contributed by atoms with Gasteiger partial charge in [0.1, 0.15) is 24.2 Å². The van der Waals surface area contributed by atoms with Gasteiger partial charge in [-0.05, 0) is 37.2 Å². The molecule has 0 fully saturated rings. The molecule has 0 saturated heterocycles. The van der Waals surface area contributed by atoms with E-state index in [0.717, 1.165) is 22.4 Å². The summed E-state index contributed by atoms with van der Waals surface area (Å²) in [6.45, 7) is 3.00. The summed E-state index contributed by atoms with van der Waals surface area (Å²) in [7, 11) is 1.88. The van der Waals surface area contributed by atoms with E-state index in [-0.39, 0.29) is 5.56 Å². The molecule has 0 aliphatic rings.